The molecule has 0 unspecified atom stereocenters. The Morgan fingerprint density at radius 1 is 1.05 bits per heavy atom. The quantitative estimate of drug-likeness (QED) is 0.824. The first kappa shape index (κ1) is 14.6. The van der Waals surface area contributed by atoms with E-state index in [2.05, 4.69) is 4.98 Å². The summed E-state index contributed by atoms with van der Waals surface area (Å²) in [6, 6.07) is 7.00. The largest absolute Gasteiger partial charge is 0.496 e. The zero-order chi connectivity index (χ0) is 15.4. The number of hydrogen-bond acceptors (Lipinski definition) is 3. The van der Waals surface area contributed by atoms with Gasteiger partial charge >= 0.3 is 7.12 Å². The fourth-order valence-electron chi connectivity index (χ4n) is 2.36. The zero-order valence-corrected chi connectivity index (χ0v) is 13.2. The van der Waals surface area contributed by atoms with Gasteiger partial charge in [0.25, 0.3) is 0 Å². The number of H-pyrrole nitrogens is 1. The lowest BCUT2D eigenvalue weighted by atomic mass is 9.78. The molecule has 0 atom stereocenters. The molecule has 3 rings (SSSR count). The molecule has 0 amide bonds. The normalized spacial score (nSPS) is 20.1. The summed E-state index contributed by atoms with van der Waals surface area (Å²) in [5.74, 6) is 0. The van der Waals surface area contributed by atoms with Crippen LogP contribution in [0, 0.1) is 0 Å². The van der Waals surface area contributed by atoms with Crippen LogP contribution in [0.3, 0.4) is 0 Å². The summed E-state index contributed by atoms with van der Waals surface area (Å²) in [4.78, 5) is 14.3. The Morgan fingerprint density at radius 3 is 2.24 bits per heavy atom. The van der Waals surface area contributed by atoms with Crippen molar-refractivity contribution in [1.82, 2.24) is 4.98 Å². The number of benzene rings is 1. The van der Waals surface area contributed by atoms with Gasteiger partial charge in [-0.2, -0.15) is 0 Å². The van der Waals surface area contributed by atoms with Crippen molar-refractivity contribution in [2.45, 2.75) is 38.9 Å². The van der Waals surface area contributed by atoms with E-state index in [-0.39, 0.29) is 5.56 Å². The lowest BCUT2D eigenvalue weighted by molar-refractivity contribution is 0.00578. The van der Waals surface area contributed by atoms with Crippen molar-refractivity contribution in [3.63, 3.8) is 0 Å². The number of hydrogen-bond donors (Lipinski definition) is 1. The second-order valence-corrected chi connectivity index (χ2v) is 6.72. The van der Waals surface area contributed by atoms with E-state index >= 15 is 0 Å². The Hall–Kier alpha value is -1.30. The molecule has 2 heterocycles. The van der Waals surface area contributed by atoms with Crippen LogP contribution in [0.25, 0.3) is 10.9 Å². The molecule has 0 spiro atoms. The van der Waals surface area contributed by atoms with Crippen LogP contribution in [0.1, 0.15) is 27.7 Å². The predicted octanol–water partition coefficient (Wildman–Crippen LogP) is 2.48. The zero-order valence-electron chi connectivity index (χ0n) is 12.5. The van der Waals surface area contributed by atoms with Crippen LogP contribution in [-0.2, 0) is 9.31 Å². The lowest BCUT2D eigenvalue weighted by Crippen LogP contribution is -2.41. The van der Waals surface area contributed by atoms with E-state index in [1.807, 2.05) is 39.8 Å². The highest BCUT2D eigenvalue weighted by atomic mass is 35.5. The molecule has 1 aromatic heterocycles. The summed E-state index contributed by atoms with van der Waals surface area (Å²) >= 11 is 6.45. The standard InChI is InChI=1S/C15H17BClNO3/c1-14(2)15(3,4)21-16(20-14)10-7-5-9-6-8-11(19)18-13(9)12(10)17/h5-8H,1-4H3,(H,18,19). The van der Waals surface area contributed by atoms with Crippen LogP contribution in [-0.4, -0.2) is 23.3 Å². The van der Waals surface area contributed by atoms with E-state index in [4.69, 9.17) is 20.9 Å². The second-order valence-electron chi connectivity index (χ2n) is 6.34. The van der Waals surface area contributed by atoms with Crippen molar-refractivity contribution < 1.29 is 9.31 Å². The van der Waals surface area contributed by atoms with Crippen molar-refractivity contribution in [2.24, 2.45) is 0 Å². The number of nitrogens with one attached hydrogen (secondary N) is 1. The first-order valence-electron chi connectivity index (χ1n) is 6.88. The molecule has 1 saturated heterocycles. The lowest BCUT2D eigenvalue weighted by Gasteiger charge is -2.32. The number of rotatable bonds is 1. The van der Waals surface area contributed by atoms with Crippen molar-refractivity contribution >= 4 is 35.1 Å². The summed E-state index contributed by atoms with van der Waals surface area (Å²) in [7, 11) is -0.546. The van der Waals surface area contributed by atoms with Gasteiger partial charge in [0.05, 0.1) is 21.7 Å². The molecule has 6 heteroatoms. The molecular weight excluding hydrogens is 288 g/mol. The van der Waals surface area contributed by atoms with Crippen LogP contribution in [0.5, 0.6) is 0 Å². The van der Waals surface area contributed by atoms with Crippen LogP contribution in [0.15, 0.2) is 29.1 Å². The van der Waals surface area contributed by atoms with E-state index in [9.17, 15) is 4.79 Å². The van der Waals surface area contributed by atoms with Gasteiger partial charge < -0.3 is 14.3 Å². The molecule has 1 fully saturated rings. The Morgan fingerprint density at radius 2 is 1.62 bits per heavy atom. The number of fused-ring (bicyclic) bond motifs is 1. The molecule has 0 saturated carbocycles. The Balaban J connectivity index is 2.10. The van der Waals surface area contributed by atoms with Crippen molar-refractivity contribution in [2.75, 3.05) is 0 Å². The van der Waals surface area contributed by atoms with Gasteiger partial charge in [-0.25, -0.2) is 0 Å². The minimum absolute atomic E-state index is 0.185. The van der Waals surface area contributed by atoms with Crippen molar-refractivity contribution in [3.8, 4) is 0 Å². The summed E-state index contributed by atoms with van der Waals surface area (Å²) in [5, 5.41) is 1.34. The molecule has 0 radical (unpaired) electrons. The van der Waals surface area contributed by atoms with Gasteiger partial charge in [0.1, 0.15) is 0 Å². The average Bonchev–Trinajstić information content (AvgIpc) is 2.59. The molecule has 0 aliphatic carbocycles. The molecule has 1 aromatic carbocycles. The van der Waals surface area contributed by atoms with Gasteiger partial charge in [-0.15, -0.1) is 0 Å². The third-order valence-corrected chi connectivity index (χ3v) is 4.78. The second kappa shape index (κ2) is 4.60. The van der Waals surface area contributed by atoms with Crippen LogP contribution < -0.4 is 11.0 Å². The van der Waals surface area contributed by atoms with Gasteiger partial charge in [-0.3, -0.25) is 4.79 Å². The van der Waals surface area contributed by atoms with Gasteiger partial charge in [0.2, 0.25) is 5.56 Å². The summed E-state index contributed by atoms with van der Waals surface area (Å²) < 4.78 is 12.0. The fourth-order valence-corrected chi connectivity index (χ4v) is 2.66. The fraction of sp³-hybridized carbons (Fsp3) is 0.400. The van der Waals surface area contributed by atoms with Crippen LogP contribution in [0.4, 0.5) is 0 Å². The molecule has 4 nitrogen and oxygen atoms in total. The smallest absolute Gasteiger partial charge is 0.399 e. The predicted molar refractivity (Wildman–Crippen MR) is 85.3 cm³/mol. The van der Waals surface area contributed by atoms with E-state index in [0.717, 1.165) is 10.8 Å². The summed E-state index contributed by atoms with van der Waals surface area (Å²) in [6.07, 6.45) is 0. The molecule has 1 N–H and O–H groups in total. The monoisotopic (exact) mass is 305 g/mol. The Labute approximate surface area is 128 Å². The van der Waals surface area contributed by atoms with Gasteiger partial charge in [-0.05, 0) is 39.1 Å². The molecule has 110 valence electrons. The average molecular weight is 306 g/mol. The number of aromatic amines is 1. The van der Waals surface area contributed by atoms with Crippen LogP contribution >= 0.6 is 11.6 Å². The third kappa shape index (κ3) is 2.29. The SMILES string of the molecule is CC1(C)OB(c2ccc3ccc(=O)[nH]c3c2Cl)OC1(C)C. The molecule has 0 bridgehead atoms. The van der Waals surface area contributed by atoms with Gasteiger partial charge in [-0.1, -0.05) is 23.7 Å². The molecule has 2 aromatic rings. The first-order chi connectivity index (χ1) is 9.71. The first-order valence-corrected chi connectivity index (χ1v) is 7.26. The highest BCUT2D eigenvalue weighted by Crippen LogP contribution is 2.37. The maximum atomic E-state index is 11.5. The minimum Gasteiger partial charge on any atom is -0.399 e. The third-order valence-electron chi connectivity index (χ3n) is 4.37. The Bertz CT molecular complexity index is 753. The minimum atomic E-state index is -0.546. The molecule has 21 heavy (non-hydrogen) atoms. The van der Waals surface area contributed by atoms with Crippen molar-refractivity contribution in [3.05, 3.63) is 39.6 Å². The van der Waals surface area contributed by atoms with E-state index < -0.39 is 18.3 Å². The van der Waals surface area contributed by atoms with Gasteiger partial charge in [0.15, 0.2) is 0 Å². The number of pyridine rings is 1. The number of aromatic nitrogens is 1. The molecular formula is C15H17BClNO3. The van der Waals surface area contributed by atoms with Crippen LogP contribution in [0.2, 0.25) is 5.02 Å². The Kier molecular flexibility index (Phi) is 3.21. The molecule has 1 aliphatic heterocycles. The van der Waals surface area contributed by atoms with E-state index in [0.29, 0.717) is 10.5 Å². The van der Waals surface area contributed by atoms with Gasteiger partial charge in [0, 0.05) is 11.5 Å². The maximum absolute atomic E-state index is 11.5. The highest BCUT2D eigenvalue weighted by Gasteiger charge is 2.52. The number of halogens is 1. The summed E-state index contributed by atoms with van der Waals surface area (Å²) in [6.45, 7) is 7.96. The highest BCUT2D eigenvalue weighted by molar-refractivity contribution is 6.66. The molecule has 1 aliphatic rings. The van der Waals surface area contributed by atoms with Crippen molar-refractivity contribution in [1.29, 1.82) is 0 Å². The van der Waals surface area contributed by atoms with E-state index in [1.165, 1.54) is 6.07 Å². The summed E-state index contributed by atoms with van der Waals surface area (Å²) in [5.41, 5.74) is 0.289. The maximum Gasteiger partial charge on any atom is 0.496 e. The van der Waals surface area contributed by atoms with E-state index in [1.54, 1.807) is 6.07 Å². The topological polar surface area (TPSA) is 51.3 Å².